The monoisotopic (exact) mass is 373 g/mol. The molecule has 1 amide bonds. The number of nitrogens with zero attached hydrogens (tertiary/aromatic N) is 3. The summed E-state index contributed by atoms with van der Waals surface area (Å²) in [6.45, 7) is 11.4. The Bertz CT molecular complexity index is 649. The van der Waals surface area contributed by atoms with Crippen LogP contribution in [0.25, 0.3) is 0 Å². The van der Waals surface area contributed by atoms with Crippen LogP contribution in [0.15, 0.2) is 18.3 Å². The maximum Gasteiger partial charge on any atom is 0.416 e. The van der Waals surface area contributed by atoms with Crippen molar-refractivity contribution in [1.29, 1.82) is 0 Å². The molecule has 1 atom stereocenters. The second kappa shape index (κ2) is 8.17. The molecule has 27 heavy (non-hydrogen) atoms. The third kappa shape index (κ3) is 4.63. The van der Waals surface area contributed by atoms with E-state index in [1.54, 1.807) is 6.20 Å². The molecule has 0 radical (unpaired) electrons. The van der Waals surface area contributed by atoms with E-state index in [1.807, 2.05) is 31.7 Å². The van der Waals surface area contributed by atoms with Gasteiger partial charge < -0.3 is 4.74 Å². The summed E-state index contributed by atoms with van der Waals surface area (Å²) in [6, 6.07) is 5.14. The lowest BCUT2D eigenvalue weighted by molar-refractivity contribution is 0.0545. The van der Waals surface area contributed by atoms with Crippen molar-refractivity contribution >= 4 is 11.9 Å². The second-order valence-corrected chi connectivity index (χ2v) is 9.19. The quantitative estimate of drug-likeness (QED) is 0.717. The number of hydrogen-bond donors (Lipinski definition) is 0. The Morgan fingerprint density at radius 1 is 1.22 bits per heavy atom. The third-order valence-corrected chi connectivity index (χ3v) is 5.64. The minimum atomic E-state index is -0.511. The van der Waals surface area contributed by atoms with Crippen LogP contribution in [0.4, 0.5) is 10.6 Å². The average molecular weight is 374 g/mol. The van der Waals surface area contributed by atoms with E-state index < -0.39 is 5.60 Å². The number of ether oxygens (including phenoxy) is 1. The number of piperidine rings is 1. The molecule has 150 valence electrons. The van der Waals surface area contributed by atoms with E-state index in [0.717, 1.165) is 38.0 Å². The molecule has 0 N–H and O–H groups in total. The first-order valence-electron chi connectivity index (χ1n) is 10.5. The van der Waals surface area contributed by atoms with Gasteiger partial charge in [0.15, 0.2) is 0 Å². The third-order valence-electron chi connectivity index (χ3n) is 5.64. The fourth-order valence-electron chi connectivity index (χ4n) is 4.14. The van der Waals surface area contributed by atoms with Crippen LogP contribution in [-0.4, -0.2) is 40.2 Å². The van der Waals surface area contributed by atoms with Crippen LogP contribution in [0.5, 0.6) is 0 Å². The SMILES string of the molecule is CC(C)N1CCCCC1c1cccnc1N(C(=O)OC(C)(C)C)C1CCC1. The summed E-state index contributed by atoms with van der Waals surface area (Å²) < 4.78 is 5.76. The summed E-state index contributed by atoms with van der Waals surface area (Å²) in [6.07, 6.45) is 8.32. The fourth-order valence-corrected chi connectivity index (χ4v) is 4.14. The van der Waals surface area contributed by atoms with Crippen LogP contribution in [0, 0.1) is 0 Å². The van der Waals surface area contributed by atoms with Crippen molar-refractivity contribution in [1.82, 2.24) is 9.88 Å². The van der Waals surface area contributed by atoms with E-state index in [-0.39, 0.29) is 12.1 Å². The summed E-state index contributed by atoms with van der Waals surface area (Å²) in [5, 5.41) is 0. The summed E-state index contributed by atoms with van der Waals surface area (Å²) in [7, 11) is 0. The zero-order valence-electron chi connectivity index (χ0n) is 17.6. The van der Waals surface area contributed by atoms with Gasteiger partial charge in [-0.05, 0) is 79.3 Å². The molecule has 0 aromatic carbocycles. The fraction of sp³-hybridized carbons (Fsp3) is 0.727. The lowest BCUT2D eigenvalue weighted by atomic mass is 9.90. The Labute approximate surface area is 164 Å². The molecule has 1 saturated heterocycles. The maximum absolute atomic E-state index is 13.1. The zero-order valence-corrected chi connectivity index (χ0v) is 17.6. The Morgan fingerprint density at radius 2 is 1.96 bits per heavy atom. The number of carbonyl (C=O) groups excluding carboxylic acids is 1. The molecule has 0 bridgehead atoms. The number of amides is 1. The number of rotatable bonds is 4. The van der Waals surface area contributed by atoms with Gasteiger partial charge in [-0.3, -0.25) is 9.80 Å². The molecule has 5 nitrogen and oxygen atoms in total. The second-order valence-electron chi connectivity index (χ2n) is 9.19. The van der Waals surface area contributed by atoms with E-state index in [0.29, 0.717) is 12.1 Å². The molecule has 1 aromatic heterocycles. The van der Waals surface area contributed by atoms with Gasteiger partial charge in [0.25, 0.3) is 0 Å². The van der Waals surface area contributed by atoms with E-state index in [9.17, 15) is 4.79 Å². The molecule has 3 rings (SSSR count). The van der Waals surface area contributed by atoms with Crippen LogP contribution >= 0.6 is 0 Å². The Morgan fingerprint density at radius 3 is 2.56 bits per heavy atom. The number of anilines is 1. The van der Waals surface area contributed by atoms with E-state index in [4.69, 9.17) is 9.72 Å². The highest BCUT2D eigenvalue weighted by atomic mass is 16.6. The lowest BCUT2D eigenvalue weighted by Crippen LogP contribution is -2.48. The first-order chi connectivity index (χ1) is 12.8. The van der Waals surface area contributed by atoms with Gasteiger partial charge in [-0.1, -0.05) is 12.5 Å². The molecule has 2 aliphatic rings. The zero-order chi connectivity index (χ0) is 19.6. The average Bonchev–Trinajstić information content (AvgIpc) is 2.56. The molecular weight excluding hydrogens is 338 g/mol. The van der Waals surface area contributed by atoms with Crippen LogP contribution < -0.4 is 4.90 Å². The van der Waals surface area contributed by atoms with Crippen molar-refractivity contribution in [2.24, 2.45) is 0 Å². The number of likely N-dealkylation sites (tertiary alicyclic amines) is 1. The number of hydrogen-bond acceptors (Lipinski definition) is 4. The smallest absolute Gasteiger partial charge is 0.416 e. The van der Waals surface area contributed by atoms with Crippen molar-refractivity contribution in [2.75, 3.05) is 11.4 Å². The van der Waals surface area contributed by atoms with Crippen LogP contribution in [0.3, 0.4) is 0 Å². The summed E-state index contributed by atoms with van der Waals surface area (Å²) >= 11 is 0. The Hall–Kier alpha value is -1.62. The van der Waals surface area contributed by atoms with E-state index in [2.05, 4.69) is 24.8 Å². The van der Waals surface area contributed by atoms with Crippen LogP contribution in [0.1, 0.15) is 84.7 Å². The topological polar surface area (TPSA) is 45.7 Å². The molecule has 1 aromatic rings. The standard InChI is InChI=1S/C22H35N3O2/c1-16(2)24-15-7-6-13-19(24)18-12-9-14-23-20(18)25(17-10-8-11-17)21(26)27-22(3,4)5/h9,12,14,16-17,19H,6-8,10-11,13,15H2,1-5H3. The Kier molecular flexibility index (Phi) is 6.09. The van der Waals surface area contributed by atoms with Gasteiger partial charge in [0.05, 0.1) is 0 Å². The molecule has 1 saturated carbocycles. The van der Waals surface area contributed by atoms with E-state index >= 15 is 0 Å². The predicted molar refractivity (Wildman–Crippen MR) is 109 cm³/mol. The van der Waals surface area contributed by atoms with Gasteiger partial charge in [0.1, 0.15) is 11.4 Å². The van der Waals surface area contributed by atoms with Crippen molar-refractivity contribution in [3.63, 3.8) is 0 Å². The normalized spacial score (nSPS) is 21.8. The molecule has 1 unspecified atom stereocenters. The van der Waals surface area contributed by atoms with Gasteiger partial charge >= 0.3 is 6.09 Å². The highest BCUT2D eigenvalue weighted by molar-refractivity contribution is 5.88. The summed E-state index contributed by atoms with van der Waals surface area (Å²) in [5.74, 6) is 0.800. The maximum atomic E-state index is 13.1. The number of pyridine rings is 1. The predicted octanol–water partition coefficient (Wildman–Crippen LogP) is 5.31. The molecular formula is C22H35N3O2. The van der Waals surface area contributed by atoms with Crippen LogP contribution in [0.2, 0.25) is 0 Å². The van der Waals surface area contributed by atoms with Crippen LogP contribution in [-0.2, 0) is 4.74 Å². The molecule has 5 heteroatoms. The highest BCUT2D eigenvalue weighted by Crippen LogP contribution is 2.39. The number of carbonyl (C=O) groups is 1. The lowest BCUT2D eigenvalue weighted by Gasteiger charge is -2.42. The minimum Gasteiger partial charge on any atom is -0.443 e. The molecule has 0 spiro atoms. The highest BCUT2D eigenvalue weighted by Gasteiger charge is 2.37. The van der Waals surface area contributed by atoms with Gasteiger partial charge in [-0.25, -0.2) is 9.78 Å². The van der Waals surface area contributed by atoms with Crippen molar-refractivity contribution in [2.45, 2.75) is 96.9 Å². The molecule has 2 fully saturated rings. The Balaban J connectivity index is 1.97. The molecule has 1 aliphatic carbocycles. The van der Waals surface area contributed by atoms with Gasteiger partial charge in [0.2, 0.25) is 0 Å². The van der Waals surface area contributed by atoms with Gasteiger partial charge in [-0.2, -0.15) is 0 Å². The van der Waals surface area contributed by atoms with E-state index in [1.165, 1.54) is 18.4 Å². The minimum absolute atomic E-state index is 0.199. The molecule has 1 aliphatic heterocycles. The largest absolute Gasteiger partial charge is 0.443 e. The van der Waals surface area contributed by atoms with Crippen molar-refractivity contribution in [3.05, 3.63) is 23.9 Å². The first kappa shape index (κ1) is 20.1. The molecule has 2 heterocycles. The number of aromatic nitrogens is 1. The first-order valence-corrected chi connectivity index (χ1v) is 10.5. The van der Waals surface area contributed by atoms with Crippen molar-refractivity contribution in [3.8, 4) is 0 Å². The van der Waals surface area contributed by atoms with Crippen molar-refractivity contribution < 1.29 is 9.53 Å². The van der Waals surface area contributed by atoms with Gasteiger partial charge in [-0.15, -0.1) is 0 Å². The summed E-state index contributed by atoms with van der Waals surface area (Å²) in [5.41, 5.74) is 0.659. The van der Waals surface area contributed by atoms with Gasteiger partial charge in [0, 0.05) is 29.9 Å². The summed E-state index contributed by atoms with van der Waals surface area (Å²) in [4.78, 5) is 22.2.